The molecule has 0 radical (unpaired) electrons. The van der Waals surface area contributed by atoms with Crippen LogP contribution in [0.5, 0.6) is 5.75 Å². The predicted molar refractivity (Wildman–Crippen MR) is 118 cm³/mol. The smallest absolute Gasteiger partial charge is 0.433 e. The van der Waals surface area contributed by atoms with Crippen LogP contribution in [-0.2, 0) is 12.7 Å². The summed E-state index contributed by atoms with van der Waals surface area (Å²) in [7, 11) is 1.58. The molecular weight excluding hydrogens is 427 g/mol. The highest BCUT2D eigenvalue weighted by molar-refractivity contribution is 7.80. The van der Waals surface area contributed by atoms with Gasteiger partial charge in [0.1, 0.15) is 11.6 Å². The van der Waals surface area contributed by atoms with Crippen LogP contribution in [0.4, 0.5) is 24.9 Å². The van der Waals surface area contributed by atoms with Crippen LogP contribution in [0.25, 0.3) is 0 Å². The molecule has 1 aromatic heterocycles. The van der Waals surface area contributed by atoms with Gasteiger partial charge in [-0.25, -0.2) is 4.98 Å². The summed E-state index contributed by atoms with van der Waals surface area (Å²) in [5.74, 6) is 1.55. The lowest BCUT2D eigenvalue weighted by molar-refractivity contribution is -0.141. The number of rotatable bonds is 5. The Hall–Kier alpha value is -2.62. The van der Waals surface area contributed by atoms with Gasteiger partial charge in [0.15, 0.2) is 10.8 Å². The fraction of sp³-hybridized carbons (Fsp3) is 0.476. The lowest BCUT2D eigenvalue weighted by Gasteiger charge is -2.36. The van der Waals surface area contributed by atoms with E-state index in [1.165, 1.54) is 0 Å². The molecule has 0 spiro atoms. The first-order chi connectivity index (χ1) is 14.6. The maximum atomic E-state index is 13.4. The Bertz CT molecular complexity index is 897. The van der Waals surface area contributed by atoms with Gasteiger partial charge < -0.3 is 20.3 Å². The lowest BCUT2D eigenvalue weighted by Crippen LogP contribution is -2.39. The highest BCUT2D eigenvalue weighted by Gasteiger charge is 2.35. The van der Waals surface area contributed by atoms with E-state index in [0.29, 0.717) is 31.5 Å². The van der Waals surface area contributed by atoms with Crippen LogP contribution in [0.15, 0.2) is 30.3 Å². The van der Waals surface area contributed by atoms with Gasteiger partial charge >= 0.3 is 6.18 Å². The van der Waals surface area contributed by atoms with Gasteiger partial charge in [0, 0.05) is 25.7 Å². The zero-order valence-electron chi connectivity index (χ0n) is 17.7. The van der Waals surface area contributed by atoms with Crippen molar-refractivity contribution in [1.29, 1.82) is 0 Å². The third kappa shape index (κ3) is 6.43. The molecule has 1 aromatic carbocycles. The van der Waals surface area contributed by atoms with Gasteiger partial charge in [-0.15, -0.1) is 0 Å². The highest BCUT2D eigenvalue weighted by atomic mass is 32.1. The first-order valence-corrected chi connectivity index (χ1v) is 10.4. The number of hydrogen-bond donors (Lipinski definition) is 2. The Morgan fingerprint density at radius 1 is 1.16 bits per heavy atom. The number of benzene rings is 1. The van der Waals surface area contributed by atoms with Crippen molar-refractivity contribution >= 4 is 29.1 Å². The van der Waals surface area contributed by atoms with Crippen molar-refractivity contribution < 1.29 is 17.9 Å². The molecule has 1 aliphatic rings. The summed E-state index contributed by atoms with van der Waals surface area (Å²) in [5.41, 5.74) is -0.0595. The quantitative estimate of drug-likeness (QED) is 0.648. The van der Waals surface area contributed by atoms with Gasteiger partial charge in [-0.2, -0.15) is 18.2 Å². The monoisotopic (exact) mass is 453 g/mol. The summed E-state index contributed by atoms with van der Waals surface area (Å²) < 4.78 is 45.4. The Morgan fingerprint density at radius 2 is 1.81 bits per heavy atom. The van der Waals surface area contributed by atoms with E-state index in [2.05, 4.69) is 34.4 Å². The van der Waals surface area contributed by atoms with Gasteiger partial charge in [-0.3, -0.25) is 0 Å². The number of piperidine rings is 1. The number of thiocarbonyl (C=S) groups is 1. The third-order valence-electron chi connectivity index (χ3n) is 5.03. The molecule has 1 saturated heterocycles. The maximum Gasteiger partial charge on any atom is 0.433 e. The van der Waals surface area contributed by atoms with Gasteiger partial charge in [-0.05, 0) is 48.2 Å². The number of nitrogens with one attached hydrogen (secondary N) is 2. The topological polar surface area (TPSA) is 62.3 Å². The fourth-order valence-electron chi connectivity index (χ4n) is 3.72. The van der Waals surface area contributed by atoms with Crippen molar-refractivity contribution in [3.63, 3.8) is 0 Å². The molecule has 2 atom stereocenters. The molecule has 0 bridgehead atoms. The standard InChI is InChI=1S/C21H26F3N5OS/c1-13-8-14(2)12-29(11-13)18-9-17(21(22,23)24)26-19(27-18)28-20(31)25-10-15-4-6-16(30-3)7-5-15/h4-7,9,13-14H,8,10-12H2,1-3H3,(H2,25,26,27,28,31)/t13-,14-/m0/s1. The second kappa shape index (κ2) is 9.67. The van der Waals surface area contributed by atoms with E-state index in [0.717, 1.165) is 23.8 Å². The molecule has 3 rings (SSSR count). The molecule has 10 heteroatoms. The van der Waals surface area contributed by atoms with Crippen molar-refractivity contribution in [2.75, 3.05) is 30.4 Å². The fourth-order valence-corrected chi connectivity index (χ4v) is 3.88. The third-order valence-corrected chi connectivity index (χ3v) is 5.28. The van der Waals surface area contributed by atoms with E-state index in [1.807, 2.05) is 29.2 Å². The molecule has 31 heavy (non-hydrogen) atoms. The van der Waals surface area contributed by atoms with Crippen LogP contribution >= 0.6 is 12.2 Å². The summed E-state index contributed by atoms with van der Waals surface area (Å²) in [6, 6.07) is 8.37. The largest absolute Gasteiger partial charge is 0.497 e. The average molecular weight is 454 g/mol. The van der Waals surface area contributed by atoms with Crippen molar-refractivity contribution in [3.05, 3.63) is 41.6 Å². The van der Waals surface area contributed by atoms with Gasteiger partial charge in [0.05, 0.1) is 7.11 Å². The Kier molecular flexibility index (Phi) is 7.19. The van der Waals surface area contributed by atoms with Crippen LogP contribution in [-0.4, -0.2) is 35.3 Å². The summed E-state index contributed by atoms with van der Waals surface area (Å²) >= 11 is 5.24. The molecule has 2 heterocycles. The number of aromatic nitrogens is 2. The second-order valence-electron chi connectivity index (χ2n) is 7.94. The summed E-state index contributed by atoms with van der Waals surface area (Å²) in [6.07, 6.45) is -3.54. The van der Waals surface area contributed by atoms with Crippen LogP contribution in [0.1, 0.15) is 31.5 Å². The molecule has 2 N–H and O–H groups in total. The zero-order chi connectivity index (χ0) is 22.6. The second-order valence-corrected chi connectivity index (χ2v) is 8.35. The molecule has 0 aliphatic carbocycles. The maximum absolute atomic E-state index is 13.4. The number of methoxy groups -OCH3 is 1. The van der Waals surface area contributed by atoms with E-state index >= 15 is 0 Å². The van der Waals surface area contributed by atoms with Crippen molar-refractivity contribution in [1.82, 2.24) is 15.3 Å². The number of nitrogens with zero attached hydrogens (tertiary/aromatic N) is 3. The number of ether oxygens (including phenoxy) is 1. The Morgan fingerprint density at radius 3 is 2.39 bits per heavy atom. The number of anilines is 2. The Labute approximate surface area is 185 Å². The minimum Gasteiger partial charge on any atom is -0.497 e. The minimum atomic E-state index is -4.58. The highest BCUT2D eigenvalue weighted by Crippen LogP contribution is 2.32. The first kappa shape index (κ1) is 23.1. The van der Waals surface area contributed by atoms with E-state index in [4.69, 9.17) is 17.0 Å². The average Bonchev–Trinajstić information content (AvgIpc) is 2.71. The molecular formula is C21H26F3N5OS. The number of alkyl halides is 3. The van der Waals surface area contributed by atoms with Crippen molar-refractivity contribution in [2.45, 2.75) is 33.0 Å². The molecule has 2 aromatic rings. The zero-order valence-corrected chi connectivity index (χ0v) is 18.5. The van der Waals surface area contributed by atoms with Gasteiger partial charge in [0.2, 0.25) is 5.95 Å². The minimum absolute atomic E-state index is 0.140. The Balaban J connectivity index is 1.73. The molecule has 6 nitrogen and oxygen atoms in total. The normalized spacial score (nSPS) is 19.1. The van der Waals surface area contributed by atoms with Crippen molar-refractivity contribution in [3.8, 4) is 5.75 Å². The first-order valence-electron chi connectivity index (χ1n) is 10.0. The molecule has 0 amide bonds. The number of halogens is 3. The predicted octanol–water partition coefficient (Wildman–Crippen LogP) is 4.47. The van der Waals surface area contributed by atoms with Crippen LogP contribution < -0.4 is 20.3 Å². The lowest BCUT2D eigenvalue weighted by atomic mass is 9.92. The van der Waals surface area contributed by atoms with E-state index in [9.17, 15) is 13.2 Å². The van der Waals surface area contributed by atoms with E-state index < -0.39 is 11.9 Å². The summed E-state index contributed by atoms with van der Waals surface area (Å²) in [4.78, 5) is 9.84. The van der Waals surface area contributed by atoms with Crippen LogP contribution in [0, 0.1) is 11.8 Å². The van der Waals surface area contributed by atoms with Crippen LogP contribution in [0.3, 0.4) is 0 Å². The number of hydrogen-bond acceptors (Lipinski definition) is 5. The summed E-state index contributed by atoms with van der Waals surface area (Å²) in [6.45, 7) is 5.87. The molecule has 0 unspecified atom stereocenters. The van der Waals surface area contributed by atoms with Gasteiger partial charge in [-0.1, -0.05) is 26.0 Å². The molecule has 1 aliphatic heterocycles. The van der Waals surface area contributed by atoms with E-state index in [-0.39, 0.29) is 16.9 Å². The van der Waals surface area contributed by atoms with E-state index in [1.54, 1.807) is 7.11 Å². The molecule has 168 valence electrons. The van der Waals surface area contributed by atoms with Gasteiger partial charge in [0.25, 0.3) is 0 Å². The summed E-state index contributed by atoms with van der Waals surface area (Å²) in [5, 5.41) is 5.80. The molecule has 0 saturated carbocycles. The van der Waals surface area contributed by atoms with Crippen LogP contribution in [0.2, 0.25) is 0 Å². The van der Waals surface area contributed by atoms with Crippen molar-refractivity contribution in [2.24, 2.45) is 11.8 Å². The SMILES string of the molecule is COc1ccc(CNC(=S)Nc2nc(N3C[C@@H](C)C[C@H](C)C3)cc(C(F)(F)F)n2)cc1. The molecule has 1 fully saturated rings.